The fourth-order valence-electron chi connectivity index (χ4n) is 2.24. The molecule has 1 saturated carbocycles. The van der Waals surface area contributed by atoms with Crippen molar-refractivity contribution in [2.24, 2.45) is 18.9 Å². The van der Waals surface area contributed by atoms with E-state index in [1.807, 2.05) is 0 Å². The van der Waals surface area contributed by atoms with Gasteiger partial charge in [-0.3, -0.25) is 4.79 Å². The molecule has 76 valence electrons. The van der Waals surface area contributed by atoms with E-state index >= 15 is 0 Å². The highest BCUT2D eigenvalue weighted by atomic mass is 16.1. The van der Waals surface area contributed by atoms with Crippen LogP contribution in [0.15, 0.2) is 6.20 Å². The molecule has 1 aromatic heterocycles. The summed E-state index contributed by atoms with van der Waals surface area (Å²) in [6, 6.07) is 0. The minimum atomic E-state index is 0.187. The van der Waals surface area contributed by atoms with Crippen molar-refractivity contribution in [1.29, 1.82) is 0 Å². The van der Waals surface area contributed by atoms with E-state index in [0.717, 1.165) is 6.42 Å². The van der Waals surface area contributed by atoms with E-state index in [1.54, 1.807) is 17.9 Å². The van der Waals surface area contributed by atoms with Gasteiger partial charge in [-0.15, -0.1) is 5.10 Å². The molecule has 1 aromatic rings. The molecule has 1 fully saturated rings. The molecule has 4 heteroatoms. The van der Waals surface area contributed by atoms with Crippen molar-refractivity contribution in [3.63, 3.8) is 0 Å². The molecule has 2 atom stereocenters. The maximum Gasteiger partial charge on any atom is 0.185 e. The Balaban J connectivity index is 2.20. The van der Waals surface area contributed by atoms with E-state index in [9.17, 15) is 4.79 Å². The van der Waals surface area contributed by atoms with Crippen molar-refractivity contribution >= 4 is 5.78 Å². The third-order valence-corrected chi connectivity index (χ3v) is 3.17. The summed E-state index contributed by atoms with van der Waals surface area (Å²) >= 11 is 0. The van der Waals surface area contributed by atoms with E-state index in [0.29, 0.717) is 11.6 Å². The van der Waals surface area contributed by atoms with E-state index < -0.39 is 0 Å². The fraction of sp³-hybridized carbons (Fsp3) is 0.700. The number of nitrogens with zero attached hydrogens (tertiary/aromatic N) is 3. The molecule has 0 bridgehead atoms. The number of carbonyl (C=O) groups is 1. The first-order valence-corrected chi connectivity index (χ1v) is 5.09. The molecular weight excluding hydrogens is 178 g/mol. The van der Waals surface area contributed by atoms with Gasteiger partial charge in [0.05, 0.1) is 6.20 Å². The summed E-state index contributed by atoms with van der Waals surface area (Å²) in [4.78, 5) is 12.0. The standard InChI is InChI=1S/C10H15N3O/c1-7-4-3-5-8(7)10(14)9-6-11-12-13(9)2/h6-8H,3-5H2,1-2H3. The van der Waals surface area contributed by atoms with E-state index in [2.05, 4.69) is 17.2 Å². The number of ketones is 1. The topological polar surface area (TPSA) is 47.8 Å². The molecule has 2 rings (SSSR count). The van der Waals surface area contributed by atoms with Gasteiger partial charge in [-0.2, -0.15) is 0 Å². The quantitative estimate of drug-likeness (QED) is 0.667. The lowest BCUT2D eigenvalue weighted by Crippen LogP contribution is -2.19. The Morgan fingerprint density at radius 2 is 2.36 bits per heavy atom. The third-order valence-electron chi connectivity index (χ3n) is 3.17. The number of carbonyl (C=O) groups excluding carboxylic acids is 1. The summed E-state index contributed by atoms with van der Waals surface area (Å²) in [5.41, 5.74) is 0.642. The lowest BCUT2D eigenvalue weighted by molar-refractivity contribution is 0.0887. The minimum Gasteiger partial charge on any atom is -0.292 e. The van der Waals surface area contributed by atoms with Crippen LogP contribution >= 0.6 is 0 Å². The molecule has 4 nitrogen and oxygen atoms in total. The zero-order valence-electron chi connectivity index (χ0n) is 8.60. The summed E-state index contributed by atoms with van der Waals surface area (Å²) in [7, 11) is 1.76. The number of hydrogen-bond acceptors (Lipinski definition) is 3. The number of aryl methyl sites for hydroxylation is 1. The Hall–Kier alpha value is -1.19. The van der Waals surface area contributed by atoms with Crippen molar-refractivity contribution in [2.45, 2.75) is 26.2 Å². The zero-order valence-corrected chi connectivity index (χ0v) is 8.60. The van der Waals surface area contributed by atoms with Crippen LogP contribution in [0.25, 0.3) is 0 Å². The molecule has 0 aliphatic heterocycles. The van der Waals surface area contributed by atoms with Gasteiger partial charge in [-0.1, -0.05) is 18.6 Å². The monoisotopic (exact) mass is 193 g/mol. The molecule has 0 radical (unpaired) electrons. The highest BCUT2D eigenvalue weighted by molar-refractivity contribution is 5.96. The van der Waals surface area contributed by atoms with Gasteiger partial charge in [-0.05, 0) is 18.8 Å². The van der Waals surface area contributed by atoms with Gasteiger partial charge in [0, 0.05) is 13.0 Å². The van der Waals surface area contributed by atoms with Crippen LogP contribution in [0.3, 0.4) is 0 Å². The first-order chi connectivity index (χ1) is 6.70. The number of hydrogen-bond donors (Lipinski definition) is 0. The molecule has 0 aromatic carbocycles. The molecular formula is C10H15N3O. The Labute approximate surface area is 83.3 Å². The molecule has 0 saturated heterocycles. The first kappa shape index (κ1) is 9.37. The van der Waals surface area contributed by atoms with Crippen molar-refractivity contribution in [3.8, 4) is 0 Å². The normalized spacial score (nSPS) is 26.7. The van der Waals surface area contributed by atoms with Crippen molar-refractivity contribution in [1.82, 2.24) is 15.0 Å². The van der Waals surface area contributed by atoms with E-state index in [4.69, 9.17) is 0 Å². The van der Waals surface area contributed by atoms with Crippen LogP contribution in [-0.2, 0) is 7.05 Å². The second kappa shape index (κ2) is 3.52. The summed E-state index contributed by atoms with van der Waals surface area (Å²) in [6.45, 7) is 2.15. The van der Waals surface area contributed by atoms with Crippen molar-refractivity contribution < 1.29 is 4.79 Å². The molecule has 14 heavy (non-hydrogen) atoms. The Kier molecular flexibility index (Phi) is 2.35. The van der Waals surface area contributed by atoms with Crippen LogP contribution in [0.2, 0.25) is 0 Å². The van der Waals surface area contributed by atoms with Crippen LogP contribution in [0, 0.1) is 11.8 Å². The number of Topliss-reactive ketones (excluding diaryl/α,β-unsaturated/α-hetero) is 1. The maximum absolute atomic E-state index is 12.0. The van der Waals surface area contributed by atoms with Gasteiger partial charge in [0.25, 0.3) is 0 Å². The predicted molar refractivity (Wildman–Crippen MR) is 51.8 cm³/mol. The Morgan fingerprint density at radius 3 is 2.86 bits per heavy atom. The van der Waals surface area contributed by atoms with Gasteiger partial charge in [-0.25, -0.2) is 4.68 Å². The van der Waals surface area contributed by atoms with Crippen molar-refractivity contribution in [3.05, 3.63) is 11.9 Å². The molecule has 2 unspecified atom stereocenters. The second-order valence-electron chi connectivity index (χ2n) is 4.12. The van der Waals surface area contributed by atoms with Gasteiger partial charge in [0.1, 0.15) is 5.69 Å². The minimum absolute atomic E-state index is 0.187. The lowest BCUT2D eigenvalue weighted by Gasteiger charge is -2.12. The van der Waals surface area contributed by atoms with Gasteiger partial charge < -0.3 is 0 Å². The summed E-state index contributed by atoms with van der Waals surface area (Å²) in [6.07, 6.45) is 4.92. The van der Waals surface area contributed by atoms with Gasteiger partial charge in [0.15, 0.2) is 5.78 Å². The second-order valence-corrected chi connectivity index (χ2v) is 4.12. The highest BCUT2D eigenvalue weighted by Gasteiger charge is 2.31. The SMILES string of the molecule is CC1CCCC1C(=O)c1cnnn1C. The Morgan fingerprint density at radius 1 is 1.57 bits per heavy atom. The van der Waals surface area contributed by atoms with Crippen molar-refractivity contribution in [2.75, 3.05) is 0 Å². The smallest absolute Gasteiger partial charge is 0.185 e. The van der Waals surface area contributed by atoms with Gasteiger partial charge >= 0.3 is 0 Å². The highest BCUT2D eigenvalue weighted by Crippen LogP contribution is 2.33. The zero-order chi connectivity index (χ0) is 10.1. The van der Waals surface area contributed by atoms with E-state index in [1.165, 1.54) is 12.8 Å². The van der Waals surface area contributed by atoms with Crippen LogP contribution < -0.4 is 0 Å². The molecule has 1 aliphatic carbocycles. The van der Waals surface area contributed by atoms with Crippen LogP contribution in [0.5, 0.6) is 0 Å². The molecule has 1 aliphatic rings. The van der Waals surface area contributed by atoms with Gasteiger partial charge in [0.2, 0.25) is 0 Å². The molecule has 0 amide bonds. The largest absolute Gasteiger partial charge is 0.292 e. The molecule has 0 spiro atoms. The van der Waals surface area contributed by atoms with Crippen LogP contribution in [0.4, 0.5) is 0 Å². The summed E-state index contributed by atoms with van der Waals surface area (Å²) < 4.78 is 1.56. The summed E-state index contributed by atoms with van der Waals surface area (Å²) in [5, 5.41) is 7.51. The van der Waals surface area contributed by atoms with Crippen LogP contribution in [-0.4, -0.2) is 20.8 Å². The molecule has 0 N–H and O–H groups in total. The predicted octanol–water partition coefficient (Wildman–Crippen LogP) is 1.43. The lowest BCUT2D eigenvalue weighted by atomic mass is 9.92. The third kappa shape index (κ3) is 1.45. The Bertz CT molecular complexity index is 345. The number of rotatable bonds is 2. The van der Waals surface area contributed by atoms with Crippen LogP contribution in [0.1, 0.15) is 36.7 Å². The average molecular weight is 193 g/mol. The number of aromatic nitrogens is 3. The maximum atomic E-state index is 12.0. The summed E-state index contributed by atoms with van der Waals surface area (Å²) in [5.74, 6) is 0.909. The fourth-order valence-corrected chi connectivity index (χ4v) is 2.24. The first-order valence-electron chi connectivity index (χ1n) is 5.09. The average Bonchev–Trinajstić information content (AvgIpc) is 2.73. The van der Waals surface area contributed by atoms with E-state index in [-0.39, 0.29) is 11.7 Å². The molecule has 1 heterocycles.